The van der Waals surface area contributed by atoms with Gasteiger partial charge in [0.05, 0.1) is 0 Å². The quantitative estimate of drug-likeness (QED) is 0.797. The molecule has 6 heteroatoms. The first-order chi connectivity index (χ1) is 13.0. The van der Waals surface area contributed by atoms with Gasteiger partial charge in [0.25, 0.3) is 0 Å². The molecule has 2 saturated heterocycles. The number of piperidine rings is 1. The average Bonchev–Trinajstić information content (AvgIpc) is 3.27. The number of rotatable bonds is 5. The number of amides is 2. The first kappa shape index (κ1) is 18.1. The zero-order valence-electron chi connectivity index (χ0n) is 16.0. The number of ether oxygens (including phenoxy) is 2. The molecule has 0 aromatic heterocycles. The van der Waals surface area contributed by atoms with Crippen LogP contribution in [0.5, 0.6) is 11.5 Å². The minimum Gasteiger partial charge on any atom is -0.454 e. The van der Waals surface area contributed by atoms with Crippen molar-refractivity contribution in [2.45, 2.75) is 45.4 Å². The number of fused-ring (bicyclic) bond motifs is 1. The number of benzene rings is 1. The first-order valence-corrected chi connectivity index (χ1v) is 9.97. The summed E-state index contributed by atoms with van der Waals surface area (Å²) in [5.74, 6) is 1.98. The van der Waals surface area contributed by atoms with Gasteiger partial charge in [0.2, 0.25) is 18.6 Å². The van der Waals surface area contributed by atoms with Crippen molar-refractivity contribution >= 4 is 11.8 Å². The molecule has 0 bridgehead atoms. The number of likely N-dealkylation sites (tertiary alicyclic amines) is 2. The highest BCUT2D eigenvalue weighted by atomic mass is 16.7. The Morgan fingerprint density at radius 1 is 1.19 bits per heavy atom. The molecule has 2 amide bonds. The summed E-state index contributed by atoms with van der Waals surface area (Å²) >= 11 is 0. The van der Waals surface area contributed by atoms with Crippen molar-refractivity contribution in [3.8, 4) is 11.5 Å². The second kappa shape index (κ2) is 7.41. The topological polar surface area (TPSA) is 59.1 Å². The normalized spacial score (nSPS) is 24.6. The molecule has 1 atom stereocenters. The second-order valence-electron chi connectivity index (χ2n) is 8.33. The molecule has 1 aromatic carbocycles. The van der Waals surface area contributed by atoms with Crippen molar-refractivity contribution in [1.29, 1.82) is 0 Å². The Balaban J connectivity index is 1.35. The molecule has 0 spiro atoms. The predicted molar refractivity (Wildman–Crippen MR) is 101 cm³/mol. The Morgan fingerprint density at radius 2 is 2.04 bits per heavy atom. The van der Waals surface area contributed by atoms with E-state index in [1.165, 1.54) is 5.56 Å². The molecule has 146 valence electrons. The van der Waals surface area contributed by atoms with E-state index in [4.69, 9.17) is 9.47 Å². The van der Waals surface area contributed by atoms with E-state index in [0.717, 1.165) is 56.8 Å². The second-order valence-corrected chi connectivity index (χ2v) is 8.33. The zero-order valence-corrected chi connectivity index (χ0v) is 16.0. The zero-order chi connectivity index (χ0) is 18.9. The number of hydrogen-bond acceptors (Lipinski definition) is 4. The fourth-order valence-corrected chi connectivity index (χ4v) is 4.55. The molecule has 0 radical (unpaired) electrons. The van der Waals surface area contributed by atoms with E-state index >= 15 is 0 Å². The van der Waals surface area contributed by atoms with E-state index in [1.807, 2.05) is 15.9 Å². The summed E-state index contributed by atoms with van der Waals surface area (Å²) in [6.07, 6.45) is 5.03. The van der Waals surface area contributed by atoms with Gasteiger partial charge in [-0.2, -0.15) is 0 Å². The van der Waals surface area contributed by atoms with E-state index < -0.39 is 0 Å². The number of carbonyl (C=O) groups excluding carboxylic acids is 2. The summed E-state index contributed by atoms with van der Waals surface area (Å²) in [4.78, 5) is 28.3. The van der Waals surface area contributed by atoms with Crippen LogP contribution in [0.3, 0.4) is 0 Å². The lowest BCUT2D eigenvalue weighted by Crippen LogP contribution is -2.46. The summed E-state index contributed by atoms with van der Waals surface area (Å²) in [5.41, 5.74) is 1.28. The van der Waals surface area contributed by atoms with Crippen LogP contribution in [0.15, 0.2) is 18.2 Å². The van der Waals surface area contributed by atoms with Gasteiger partial charge in [-0.15, -0.1) is 0 Å². The summed E-state index contributed by atoms with van der Waals surface area (Å²) in [6, 6.07) is 6.13. The maximum absolute atomic E-state index is 12.7. The molecular weight excluding hydrogens is 344 g/mol. The minimum atomic E-state index is 0.0606. The molecule has 2 fully saturated rings. The molecule has 0 unspecified atom stereocenters. The van der Waals surface area contributed by atoms with Gasteiger partial charge in [-0.1, -0.05) is 13.0 Å². The predicted octanol–water partition coefficient (Wildman–Crippen LogP) is 2.60. The van der Waals surface area contributed by atoms with E-state index in [9.17, 15) is 9.59 Å². The van der Waals surface area contributed by atoms with E-state index in [1.54, 1.807) is 0 Å². The van der Waals surface area contributed by atoms with E-state index in [0.29, 0.717) is 19.4 Å². The number of hydrogen-bond donors (Lipinski definition) is 0. The monoisotopic (exact) mass is 372 g/mol. The van der Waals surface area contributed by atoms with Gasteiger partial charge < -0.3 is 19.3 Å². The molecule has 0 saturated carbocycles. The van der Waals surface area contributed by atoms with Gasteiger partial charge in [0, 0.05) is 39.0 Å². The highest BCUT2D eigenvalue weighted by Gasteiger charge is 2.34. The lowest BCUT2D eigenvalue weighted by molar-refractivity contribution is -0.135. The molecule has 3 aliphatic heterocycles. The third-order valence-electron chi connectivity index (χ3n) is 5.97. The number of nitrogens with zero attached hydrogens (tertiary/aromatic N) is 2. The fraction of sp³-hybridized carbons (Fsp3) is 0.619. The van der Waals surface area contributed by atoms with Crippen molar-refractivity contribution in [3.63, 3.8) is 0 Å². The standard InChI is InChI=1S/C21H28N2O4/c1-21(13-16-5-6-17-18(12-16)27-15-26-17)8-3-10-23(14-21)20(25)7-11-22-9-2-4-19(22)24/h5-6,12H,2-4,7-11,13-15H2,1H3/t21-/m0/s1. The van der Waals surface area contributed by atoms with Crippen LogP contribution < -0.4 is 9.47 Å². The highest BCUT2D eigenvalue weighted by molar-refractivity contribution is 5.80. The largest absolute Gasteiger partial charge is 0.454 e. The van der Waals surface area contributed by atoms with Crippen LogP contribution in [-0.2, 0) is 16.0 Å². The fourth-order valence-electron chi connectivity index (χ4n) is 4.55. The van der Waals surface area contributed by atoms with Crippen molar-refractivity contribution < 1.29 is 19.1 Å². The van der Waals surface area contributed by atoms with Crippen molar-refractivity contribution in [3.05, 3.63) is 23.8 Å². The Labute approximate surface area is 160 Å². The van der Waals surface area contributed by atoms with E-state index in [2.05, 4.69) is 19.1 Å². The van der Waals surface area contributed by atoms with Crippen molar-refractivity contribution in [2.24, 2.45) is 5.41 Å². The van der Waals surface area contributed by atoms with Gasteiger partial charge >= 0.3 is 0 Å². The molecule has 3 heterocycles. The van der Waals surface area contributed by atoms with Crippen LogP contribution in [0.25, 0.3) is 0 Å². The lowest BCUT2D eigenvalue weighted by Gasteiger charge is -2.41. The van der Waals surface area contributed by atoms with Crippen LogP contribution in [0, 0.1) is 5.41 Å². The Morgan fingerprint density at radius 3 is 2.85 bits per heavy atom. The summed E-state index contributed by atoms with van der Waals surface area (Å²) in [5, 5.41) is 0. The molecule has 4 rings (SSSR count). The third-order valence-corrected chi connectivity index (χ3v) is 5.97. The molecular formula is C21H28N2O4. The maximum Gasteiger partial charge on any atom is 0.231 e. The van der Waals surface area contributed by atoms with Crippen LogP contribution in [-0.4, -0.2) is 54.6 Å². The smallest absolute Gasteiger partial charge is 0.231 e. The van der Waals surface area contributed by atoms with Crippen LogP contribution in [0.4, 0.5) is 0 Å². The average molecular weight is 372 g/mol. The van der Waals surface area contributed by atoms with Gasteiger partial charge in [-0.25, -0.2) is 0 Å². The lowest BCUT2D eigenvalue weighted by atomic mass is 9.77. The molecule has 6 nitrogen and oxygen atoms in total. The minimum absolute atomic E-state index is 0.0606. The number of carbonyl (C=O) groups is 2. The van der Waals surface area contributed by atoms with Crippen molar-refractivity contribution in [1.82, 2.24) is 9.80 Å². The van der Waals surface area contributed by atoms with E-state index in [-0.39, 0.29) is 24.0 Å². The Hall–Kier alpha value is -2.24. The van der Waals surface area contributed by atoms with Crippen molar-refractivity contribution in [2.75, 3.05) is 33.0 Å². The molecule has 1 aromatic rings. The summed E-state index contributed by atoms with van der Waals surface area (Å²) in [6.45, 7) is 5.51. The summed E-state index contributed by atoms with van der Waals surface area (Å²) < 4.78 is 10.9. The van der Waals surface area contributed by atoms with Crippen LogP contribution in [0.1, 0.15) is 44.6 Å². The molecule has 0 aliphatic carbocycles. The van der Waals surface area contributed by atoms with Crippen LogP contribution >= 0.6 is 0 Å². The molecule has 0 N–H and O–H groups in total. The first-order valence-electron chi connectivity index (χ1n) is 9.97. The Kier molecular flexibility index (Phi) is 4.98. The maximum atomic E-state index is 12.7. The third kappa shape index (κ3) is 4.04. The van der Waals surface area contributed by atoms with Gasteiger partial charge in [-0.05, 0) is 48.8 Å². The van der Waals surface area contributed by atoms with Gasteiger partial charge in [0.15, 0.2) is 11.5 Å². The highest BCUT2D eigenvalue weighted by Crippen LogP contribution is 2.37. The molecule has 27 heavy (non-hydrogen) atoms. The van der Waals surface area contributed by atoms with Gasteiger partial charge in [0.1, 0.15) is 0 Å². The Bertz CT molecular complexity index is 735. The van der Waals surface area contributed by atoms with Crippen LogP contribution in [0.2, 0.25) is 0 Å². The van der Waals surface area contributed by atoms with Gasteiger partial charge in [-0.3, -0.25) is 9.59 Å². The summed E-state index contributed by atoms with van der Waals surface area (Å²) in [7, 11) is 0. The molecule has 3 aliphatic rings. The SMILES string of the molecule is C[C@@]1(Cc2ccc3c(c2)OCO3)CCCN(C(=O)CCN2CCCC2=O)C1.